The molecule has 1 aromatic carbocycles. The summed E-state index contributed by atoms with van der Waals surface area (Å²) in [4.78, 5) is 1.08. The van der Waals surface area contributed by atoms with Gasteiger partial charge in [0.15, 0.2) is 0 Å². The number of nitrogens with one attached hydrogen (secondary N) is 1. The molecule has 0 radical (unpaired) electrons. The summed E-state index contributed by atoms with van der Waals surface area (Å²) in [6.45, 7) is 2.15. The van der Waals surface area contributed by atoms with Gasteiger partial charge in [-0.3, -0.25) is 0 Å². The fourth-order valence-electron chi connectivity index (χ4n) is 1.47. The highest BCUT2D eigenvalue weighted by Crippen LogP contribution is 2.21. The summed E-state index contributed by atoms with van der Waals surface area (Å²) in [5.41, 5.74) is -0.191. The predicted octanol–water partition coefficient (Wildman–Crippen LogP) is 2.67. The standard InChI is InChI=1S/C13H20FNOS/c1-13(10-16,15-2)8-3-9-17-12-6-4-11(14)5-7-12/h4-7,15-16H,3,8-10H2,1-2H3. The molecule has 0 bridgehead atoms. The Bertz CT molecular complexity index is 325. The van der Waals surface area contributed by atoms with Crippen molar-refractivity contribution in [1.29, 1.82) is 0 Å². The average molecular weight is 257 g/mol. The topological polar surface area (TPSA) is 32.3 Å². The monoisotopic (exact) mass is 257 g/mol. The first-order valence-electron chi connectivity index (χ1n) is 5.78. The molecule has 17 heavy (non-hydrogen) atoms. The second-order valence-corrected chi connectivity index (χ2v) is 5.54. The van der Waals surface area contributed by atoms with Crippen LogP contribution in [0.3, 0.4) is 0 Å². The van der Waals surface area contributed by atoms with E-state index in [1.165, 1.54) is 12.1 Å². The molecule has 0 amide bonds. The second kappa shape index (κ2) is 6.99. The lowest BCUT2D eigenvalue weighted by Gasteiger charge is -2.26. The highest BCUT2D eigenvalue weighted by Gasteiger charge is 2.19. The second-order valence-electron chi connectivity index (χ2n) is 4.37. The van der Waals surface area contributed by atoms with Crippen LogP contribution in [0.15, 0.2) is 29.2 Å². The first-order valence-corrected chi connectivity index (χ1v) is 6.76. The normalized spacial score (nSPS) is 14.6. The third-order valence-corrected chi connectivity index (χ3v) is 4.01. The Balaban J connectivity index is 2.26. The van der Waals surface area contributed by atoms with E-state index in [1.807, 2.05) is 14.0 Å². The van der Waals surface area contributed by atoms with E-state index < -0.39 is 0 Å². The molecule has 1 atom stereocenters. The molecule has 0 aromatic heterocycles. The Hall–Kier alpha value is -0.580. The van der Waals surface area contributed by atoms with Crippen molar-refractivity contribution < 1.29 is 9.50 Å². The number of benzene rings is 1. The van der Waals surface area contributed by atoms with Crippen molar-refractivity contribution in [2.24, 2.45) is 0 Å². The van der Waals surface area contributed by atoms with Crippen molar-refractivity contribution in [3.63, 3.8) is 0 Å². The lowest BCUT2D eigenvalue weighted by atomic mass is 9.98. The van der Waals surface area contributed by atoms with Gasteiger partial charge in [0.25, 0.3) is 0 Å². The molecule has 0 saturated carbocycles. The molecule has 2 N–H and O–H groups in total. The zero-order valence-corrected chi connectivity index (χ0v) is 11.2. The highest BCUT2D eigenvalue weighted by atomic mass is 32.2. The molecule has 4 heteroatoms. The first kappa shape index (κ1) is 14.5. The maximum atomic E-state index is 12.7. The number of likely N-dealkylation sites (N-methyl/N-ethyl adjacent to an activating group) is 1. The average Bonchev–Trinajstić information content (AvgIpc) is 2.36. The van der Waals surface area contributed by atoms with Gasteiger partial charge < -0.3 is 10.4 Å². The Labute approximate surface area is 107 Å². The Morgan fingerprint density at radius 1 is 1.35 bits per heavy atom. The summed E-state index contributed by atoms with van der Waals surface area (Å²) in [5, 5.41) is 12.3. The summed E-state index contributed by atoms with van der Waals surface area (Å²) >= 11 is 1.71. The molecule has 0 spiro atoms. The van der Waals surface area contributed by atoms with Gasteiger partial charge in [0, 0.05) is 10.4 Å². The largest absolute Gasteiger partial charge is 0.394 e. The lowest BCUT2D eigenvalue weighted by molar-refractivity contribution is 0.173. The van der Waals surface area contributed by atoms with Crippen LogP contribution in [0.25, 0.3) is 0 Å². The molecule has 0 saturated heterocycles. The van der Waals surface area contributed by atoms with Gasteiger partial charge in [-0.15, -0.1) is 11.8 Å². The zero-order chi connectivity index (χ0) is 12.7. The van der Waals surface area contributed by atoms with Crippen molar-refractivity contribution in [2.45, 2.75) is 30.2 Å². The predicted molar refractivity (Wildman–Crippen MR) is 70.9 cm³/mol. The number of hydrogen-bond donors (Lipinski definition) is 2. The van der Waals surface area contributed by atoms with Crippen LogP contribution in [0.5, 0.6) is 0 Å². The van der Waals surface area contributed by atoms with E-state index in [1.54, 1.807) is 23.9 Å². The molecule has 1 unspecified atom stereocenters. The molecule has 1 aromatic rings. The summed E-state index contributed by atoms with van der Waals surface area (Å²) in [7, 11) is 1.86. The van der Waals surface area contributed by atoms with Gasteiger partial charge in [-0.2, -0.15) is 0 Å². The maximum absolute atomic E-state index is 12.7. The van der Waals surface area contributed by atoms with Crippen molar-refractivity contribution in [3.05, 3.63) is 30.1 Å². The quantitative estimate of drug-likeness (QED) is 0.582. The van der Waals surface area contributed by atoms with Gasteiger partial charge in [0.1, 0.15) is 5.82 Å². The van der Waals surface area contributed by atoms with Crippen LogP contribution in [-0.2, 0) is 0 Å². The van der Waals surface area contributed by atoms with E-state index in [0.29, 0.717) is 0 Å². The summed E-state index contributed by atoms with van der Waals surface area (Å²) in [6, 6.07) is 6.55. The Kier molecular flexibility index (Phi) is 5.95. The molecular formula is C13H20FNOS. The number of aliphatic hydroxyl groups excluding tert-OH is 1. The third kappa shape index (κ3) is 5.06. The molecule has 0 heterocycles. The van der Waals surface area contributed by atoms with Crippen LogP contribution in [-0.4, -0.2) is 30.1 Å². The number of thioether (sulfide) groups is 1. The van der Waals surface area contributed by atoms with Crippen molar-refractivity contribution in [3.8, 4) is 0 Å². The minimum absolute atomic E-state index is 0.144. The van der Waals surface area contributed by atoms with E-state index in [-0.39, 0.29) is 18.0 Å². The Morgan fingerprint density at radius 2 is 2.00 bits per heavy atom. The first-order chi connectivity index (χ1) is 8.09. The van der Waals surface area contributed by atoms with Gasteiger partial charge >= 0.3 is 0 Å². The van der Waals surface area contributed by atoms with E-state index in [0.717, 1.165) is 23.5 Å². The molecular weight excluding hydrogens is 237 g/mol. The highest BCUT2D eigenvalue weighted by molar-refractivity contribution is 7.99. The summed E-state index contributed by atoms with van der Waals surface area (Å²) in [6.07, 6.45) is 1.94. The number of rotatable bonds is 7. The van der Waals surface area contributed by atoms with Crippen LogP contribution < -0.4 is 5.32 Å². The lowest BCUT2D eigenvalue weighted by Crippen LogP contribution is -2.43. The van der Waals surface area contributed by atoms with Gasteiger partial charge in [0.05, 0.1) is 6.61 Å². The fraction of sp³-hybridized carbons (Fsp3) is 0.538. The number of aliphatic hydroxyl groups is 1. The van der Waals surface area contributed by atoms with Crippen LogP contribution in [0, 0.1) is 5.82 Å². The van der Waals surface area contributed by atoms with Crippen LogP contribution >= 0.6 is 11.8 Å². The van der Waals surface area contributed by atoms with Crippen molar-refractivity contribution in [2.75, 3.05) is 19.4 Å². The third-order valence-electron chi connectivity index (χ3n) is 2.91. The number of halogens is 1. The number of hydrogen-bond acceptors (Lipinski definition) is 3. The van der Waals surface area contributed by atoms with Crippen LogP contribution in [0.2, 0.25) is 0 Å². The molecule has 0 aliphatic heterocycles. The van der Waals surface area contributed by atoms with E-state index >= 15 is 0 Å². The van der Waals surface area contributed by atoms with E-state index in [2.05, 4.69) is 5.32 Å². The zero-order valence-electron chi connectivity index (χ0n) is 10.4. The smallest absolute Gasteiger partial charge is 0.123 e. The van der Waals surface area contributed by atoms with Crippen molar-refractivity contribution >= 4 is 11.8 Å². The Morgan fingerprint density at radius 3 is 2.53 bits per heavy atom. The SMILES string of the molecule is CNC(C)(CO)CCCSc1ccc(F)cc1. The van der Waals surface area contributed by atoms with Gasteiger partial charge in [-0.1, -0.05) is 0 Å². The molecule has 2 nitrogen and oxygen atoms in total. The van der Waals surface area contributed by atoms with E-state index in [4.69, 9.17) is 0 Å². The van der Waals surface area contributed by atoms with Crippen LogP contribution in [0.1, 0.15) is 19.8 Å². The fourth-order valence-corrected chi connectivity index (χ4v) is 2.32. The van der Waals surface area contributed by atoms with Gasteiger partial charge in [0.2, 0.25) is 0 Å². The van der Waals surface area contributed by atoms with Crippen LogP contribution in [0.4, 0.5) is 4.39 Å². The molecule has 1 rings (SSSR count). The van der Waals surface area contributed by atoms with Crippen molar-refractivity contribution in [1.82, 2.24) is 5.32 Å². The summed E-state index contributed by atoms with van der Waals surface area (Å²) in [5.74, 6) is 0.778. The van der Waals surface area contributed by atoms with Gasteiger partial charge in [-0.25, -0.2) is 4.39 Å². The summed E-state index contributed by atoms with van der Waals surface area (Å²) < 4.78 is 12.7. The van der Waals surface area contributed by atoms with Gasteiger partial charge in [-0.05, 0) is 56.8 Å². The van der Waals surface area contributed by atoms with E-state index in [9.17, 15) is 9.50 Å². The minimum Gasteiger partial charge on any atom is -0.394 e. The molecule has 96 valence electrons. The molecule has 0 fully saturated rings. The minimum atomic E-state index is -0.197. The molecule has 0 aliphatic carbocycles. The molecule has 0 aliphatic rings. The maximum Gasteiger partial charge on any atom is 0.123 e.